The summed E-state index contributed by atoms with van der Waals surface area (Å²) in [6.07, 6.45) is 1.07. The molecule has 0 radical (unpaired) electrons. The Bertz CT molecular complexity index is 351. The molecule has 0 bridgehead atoms. The Labute approximate surface area is 88.3 Å². The summed E-state index contributed by atoms with van der Waals surface area (Å²) in [5, 5.41) is 2.80. The van der Waals surface area contributed by atoms with Gasteiger partial charge in [-0.25, -0.2) is 0 Å². The number of carbonyl (C=O) groups excluding carboxylic acids is 1. The van der Waals surface area contributed by atoms with Gasteiger partial charge in [0.05, 0.1) is 0 Å². The summed E-state index contributed by atoms with van der Waals surface area (Å²) in [6, 6.07) is 8.34. The number of nitrogens with one attached hydrogen (secondary N) is 1. The normalized spacial score (nSPS) is 18.2. The molecule has 1 aliphatic rings. The lowest BCUT2D eigenvalue weighted by molar-refractivity contribution is -0.118. The second-order valence-electron chi connectivity index (χ2n) is 3.54. The fourth-order valence-electron chi connectivity index (χ4n) is 1.83. The van der Waals surface area contributed by atoms with Gasteiger partial charge in [0, 0.05) is 12.5 Å². The van der Waals surface area contributed by atoms with E-state index in [9.17, 15) is 4.79 Å². The second-order valence-corrected chi connectivity index (χ2v) is 3.80. The van der Waals surface area contributed by atoms with Crippen LogP contribution >= 0.6 is 11.6 Å². The first-order valence-electron chi connectivity index (χ1n) is 4.71. The molecule has 2 rings (SSSR count). The van der Waals surface area contributed by atoms with Gasteiger partial charge < -0.3 is 5.32 Å². The van der Waals surface area contributed by atoms with E-state index in [-0.39, 0.29) is 11.8 Å². The molecule has 74 valence electrons. The number of hydrogen-bond acceptors (Lipinski definition) is 1. The largest absolute Gasteiger partial charge is 0.354 e. The maximum absolute atomic E-state index is 10.9. The van der Waals surface area contributed by atoms with Crippen LogP contribution in [0.4, 0.5) is 0 Å². The Hall–Kier alpha value is -1.02. The molecule has 1 unspecified atom stereocenters. The molecule has 2 nitrogen and oxygen atoms in total. The molecule has 0 fully saturated rings. The number of amides is 1. The Morgan fingerprint density at radius 2 is 2.29 bits per heavy atom. The summed E-state index contributed by atoms with van der Waals surface area (Å²) in [6.45, 7) is 0.711. The first-order valence-corrected chi connectivity index (χ1v) is 5.25. The third kappa shape index (κ3) is 1.75. The van der Waals surface area contributed by atoms with Crippen LogP contribution in [0.1, 0.15) is 17.0 Å². The number of benzene rings is 1. The van der Waals surface area contributed by atoms with E-state index in [0.717, 1.165) is 6.42 Å². The van der Waals surface area contributed by atoms with Crippen molar-refractivity contribution in [2.45, 2.75) is 12.3 Å². The first kappa shape index (κ1) is 9.53. The molecular weight excluding hydrogens is 198 g/mol. The molecule has 1 aromatic carbocycles. The minimum atomic E-state index is -0.0870. The third-order valence-electron chi connectivity index (χ3n) is 2.63. The highest BCUT2D eigenvalue weighted by Gasteiger charge is 2.25. The molecule has 0 saturated carbocycles. The molecule has 0 heterocycles. The van der Waals surface area contributed by atoms with Gasteiger partial charge in [0.1, 0.15) is 5.88 Å². The van der Waals surface area contributed by atoms with Gasteiger partial charge in [0.15, 0.2) is 0 Å². The zero-order valence-corrected chi connectivity index (χ0v) is 8.55. The van der Waals surface area contributed by atoms with Crippen molar-refractivity contribution in [2.75, 3.05) is 12.4 Å². The number of hydrogen-bond donors (Lipinski definition) is 1. The highest BCUT2D eigenvalue weighted by atomic mass is 35.5. The van der Waals surface area contributed by atoms with Crippen molar-refractivity contribution < 1.29 is 4.79 Å². The maximum atomic E-state index is 10.9. The zero-order chi connectivity index (χ0) is 9.97. The van der Waals surface area contributed by atoms with Crippen molar-refractivity contribution in [3.63, 3.8) is 0 Å². The molecular formula is C11H12ClNO. The van der Waals surface area contributed by atoms with E-state index in [4.69, 9.17) is 11.6 Å². The second kappa shape index (κ2) is 4.01. The SMILES string of the molecule is O=C(CCl)NCC1Cc2ccccc21. The van der Waals surface area contributed by atoms with Gasteiger partial charge >= 0.3 is 0 Å². The lowest BCUT2D eigenvalue weighted by atomic mass is 9.77. The predicted octanol–water partition coefficient (Wildman–Crippen LogP) is 1.68. The lowest BCUT2D eigenvalue weighted by Crippen LogP contribution is -2.33. The van der Waals surface area contributed by atoms with Crippen molar-refractivity contribution in [1.82, 2.24) is 5.32 Å². The average molecular weight is 210 g/mol. The number of alkyl halides is 1. The van der Waals surface area contributed by atoms with Gasteiger partial charge in [-0.05, 0) is 17.5 Å². The van der Waals surface area contributed by atoms with E-state index >= 15 is 0 Å². The predicted molar refractivity (Wildman–Crippen MR) is 56.6 cm³/mol. The third-order valence-corrected chi connectivity index (χ3v) is 2.87. The van der Waals surface area contributed by atoms with Gasteiger partial charge in [0.25, 0.3) is 0 Å². The molecule has 1 aliphatic carbocycles. The zero-order valence-electron chi connectivity index (χ0n) is 7.79. The maximum Gasteiger partial charge on any atom is 0.234 e. The molecule has 1 amide bonds. The highest BCUT2D eigenvalue weighted by Crippen LogP contribution is 2.33. The van der Waals surface area contributed by atoms with Gasteiger partial charge in [-0.2, -0.15) is 0 Å². The standard InChI is InChI=1S/C11H12ClNO/c12-6-11(14)13-7-9-5-8-3-1-2-4-10(8)9/h1-4,9H,5-7H2,(H,13,14). The van der Waals surface area contributed by atoms with Crippen LogP contribution in [0, 0.1) is 0 Å². The van der Waals surface area contributed by atoms with E-state index < -0.39 is 0 Å². The number of carbonyl (C=O) groups is 1. The Balaban J connectivity index is 1.90. The molecule has 0 aromatic heterocycles. The summed E-state index contributed by atoms with van der Waals surface area (Å²) < 4.78 is 0. The number of halogens is 1. The van der Waals surface area contributed by atoms with Crippen LogP contribution in [0.15, 0.2) is 24.3 Å². The van der Waals surface area contributed by atoms with E-state index in [0.29, 0.717) is 12.5 Å². The first-order chi connectivity index (χ1) is 6.81. The molecule has 0 saturated heterocycles. The summed E-state index contributed by atoms with van der Waals surface area (Å²) in [4.78, 5) is 10.9. The van der Waals surface area contributed by atoms with Gasteiger partial charge in [-0.1, -0.05) is 24.3 Å². The van der Waals surface area contributed by atoms with Crippen molar-refractivity contribution in [2.24, 2.45) is 0 Å². The minimum absolute atomic E-state index is 0.0500. The molecule has 1 atom stereocenters. The van der Waals surface area contributed by atoms with Crippen LogP contribution in [-0.2, 0) is 11.2 Å². The van der Waals surface area contributed by atoms with Gasteiger partial charge in [-0.15, -0.1) is 11.6 Å². The number of rotatable bonds is 3. The fourth-order valence-corrected chi connectivity index (χ4v) is 1.92. The molecule has 14 heavy (non-hydrogen) atoms. The van der Waals surface area contributed by atoms with Crippen LogP contribution in [0.5, 0.6) is 0 Å². The van der Waals surface area contributed by atoms with Gasteiger partial charge in [0.2, 0.25) is 5.91 Å². The lowest BCUT2D eigenvalue weighted by Gasteiger charge is -2.30. The Kier molecular flexibility index (Phi) is 2.73. The van der Waals surface area contributed by atoms with Crippen LogP contribution in [0.2, 0.25) is 0 Å². The van der Waals surface area contributed by atoms with Crippen LogP contribution in [0.3, 0.4) is 0 Å². The minimum Gasteiger partial charge on any atom is -0.354 e. The highest BCUT2D eigenvalue weighted by molar-refractivity contribution is 6.27. The van der Waals surface area contributed by atoms with Gasteiger partial charge in [-0.3, -0.25) is 4.79 Å². The monoisotopic (exact) mass is 209 g/mol. The molecule has 0 spiro atoms. The van der Waals surface area contributed by atoms with Crippen molar-refractivity contribution in [3.05, 3.63) is 35.4 Å². The number of fused-ring (bicyclic) bond motifs is 1. The topological polar surface area (TPSA) is 29.1 Å². The summed E-state index contributed by atoms with van der Waals surface area (Å²) in [5.74, 6) is 0.448. The smallest absolute Gasteiger partial charge is 0.234 e. The van der Waals surface area contributed by atoms with Crippen LogP contribution in [-0.4, -0.2) is 18.3 Å². The quantitative estimate of drug-likeness (QED) is 0.755. The summed E-state index contributed by atoms with van der Waals surface area (Å²) in [5.41, 5.74) is 2.76. The molecule has 1 N–H and O–H groups in total. The van der Waals surface area contributed by atoms with E-state index in [1.165, 1.54) is 11.1 Å². The average Bonchev–Trinajstić information content (AvgIpc) is 2.19. The van der Waals surface area contributed by atoms with Crippen LogP contribution in [0.25, 0.3) is 0 Å². The molecule has 1 aromatic rings. The summed E-state index contributed by atoms with van der Waals surface area (Å²) in [7, 11) is 0. The Morgan fingerprint density at radius 1 is 1.50 bits per heavy atom. The van der Waals surface area contributed by atoms with E-state index in [1.807, 2.05) is 12.1 Å². The molecule has 3 heteroatoms. The van der Waals surface area contributed by atoms with Crippen molar-refractivity contribution >= 4 is 17.5 Å². The fraction of sp³-hybridized carbons (Fsp3) is 0.364. The van der Waals surface area contributed by atoms with E-state index in [2.05, 4.69) is 17.4 Å². The van der Waals surface area contributed by atoms with Crippen molar-refractivity contribution in [1.29, 1.82) is 0 Å². The van der Waals surface area contributed by atoms with Crippen molar-refractivity contribution in [3.8, 4) is 0 Å². The van der Waals surface area contributed by atoms with E-state index in [1.54, 1.807) is 0 Å². The Morgan fingerprint density at radius 3 is 3.00 bits per heavy atom. The van der Waals surface area contributed by atoms with Crippen LogP contribution < -0.4 is 5.32 Å². The summed E-state index contributed by atoms with van der Waals surface area (Å²) >= 11 is 5.38. The molecule has 0 aliphatic heterocycles.